The molecule has 330 valence electrons. The van der Waals surface area contributed by atoms with Crippen LogP contribution >= 0.6 is 0 Å². The number of hydrogen-bond acceptors (Lipinski definition) is 7. The van der Waals surface area contributed by atoms with Gasteiger partial charge in [0.25, 0.3) is 0 Å². The second kappa shape index (κ2) is 23.3. The van der Waals surface area contributed by atoms with Crippen molar-refractivity contribution in [1.82, 2.24) is 26.6 Å². The molecule has 0 radical (unpaired) electrons. The average Bonchev–Trinajstić information content (AvgIpc) is 3.20. The van der Waals surface area contributed by atoms with E-state index in [4.69, 9.17) is 0 Å². The number of anilines is 1. The zero-order valence-corrected chi connectivity index (χ0v) is 36.2. The molecular formula is C48H60N6O8. The third-order valence-electron chi connectivity index (χ3n) is 9.97. The van der Waals surface area contributed by atoms with E-state index in [0.29, 0.717) is 16.8 Å². The van der Waals surface area contributed by atoms with Gasteiger partial charge in [-0.05, 0) is 90.6 Å². The van der Waals surface area contributed by atoms with Gasteiger partial charge in [0, 0.05) is 24.9 Å². The molecule has 0 aliphatic carbocycles. The number of benzene rings is 4. The highest BCUT2D eigenvalue weighted by Crippen LogP contribution is 2.16. The summed E-state index contributed by atoms with van der Waals surface area (Å²) in [5, 5.41) is 36.2. The molecule has 4 aromatic rings. The number of urea groups is 1. The van der Waals surface area contributed by atoms with Crippen molar-refractivity contribution >= 4 is 41.3 Å². The van der Waals surface area contributed by atoms with Crippen molar-refractivity contribution in [3.05, 3.63) is 131 Å². The Balaban J connectivity index is 1.56. The highest BCUT2D eigenvalue weighted by molar-refractivity contribution is 5.97. The summed E-state index contributed by atoms with van der Waals surface area (Å²) >= 11 is 0. The van der Waals surface area contributed by atoms with Gasteiger partial charge < -0.3 is 42.1 Å². The number of amides is 6. The lowest BCUT2D eigenvalue weighted by atomic mass is 9.98. The topological polar surface area (TPSA) is 215 Å². The van der Waals surface area contributed by atoms with Gasteiger partial charge in [-0.25, -0.2) is 9.59 Å². The van der Waals surface area contributed by atoms with Crippen LogP contribution in [-0.2, 0) is 43.2 Å². The number of carboxylic acid groups (broad SMARTS) is 1. The van der Waals surface area contributed by atoms with Gasteiger partial charge in [0.2, 0.25) is 23.6 Å². The number of nitrogens with one attached hydrogen (secondary N) is 6. The van der Waals surface area contributed by atoms with Crippen LogP contribution in [0.5, 0.6) is 5.75 Å². The normalized spacial score (nSPS) is 13.5. The zero-order chi connectivity index (χ0) is 45.3. The van der Waals surface area contributed by atoms with Crippen LogP contribution in [0, 0.1) is 25.7 Å². The first kappa shape index (κ1) is 48.0. The Morgan fingerprint density at radius 3 is 1.29 bits per heavy atom. The monoisotopic (exact) mass is 848 g/mol. The molecule has 0 heterocycles. The van der Waals surface area contributed by atoms with Crippen LogP contribution in [0.2, 0.25) is 0 Å². The van der Waals surface area contributed by atoms with Gasteiger partial charge in [0.05, 0.1) is 0 Å². The van der Waals surface area contributed by atoms with Gasteiger partial charge in [-0.2, -0.15) is 0 Å². The van der Waals surface area contributed by atoms with Crippen molar-refractivity contribution < 1.29 is 39.0 Å². The fourth-order valence-electron chi connectivity index (χ4n) is 7.05. The minimum absolute atomic E-state index is 0.0114. The van der Waals surface area contributed by atoms with Crippen LogP contribution in [0.1, 0.15) is 68.4 Å². The summed E-state index contributed by atoms with van der Waals surface area (Å²) in [4.78, 5) is 81.9. The van der Waals surface area contributed by atoms with E-state index in [0.717, 1.165) is 16.7 Å². The van der Waals surface area contributed by atoms with Gasteiger partial charge in [-0.1, -0.05) is 107 Å². The first-order chi connectivity index (χ1) is 29.4. The average molecular weight is 849 g/mol. The van der Waals surface area contributed by atoms with Crippen molar-refractivity contribution in [2.75, 3.05) is 5.32 Å². The maximum atomic E-state index is 14.3. The van der Waals surface area contributed by atoms with Crippen LogP contribution in [0.4, 0.5) is 10.5 Å². The molecule has 14 nitrogen and oxygen atoms in total. The maximum absolute atomic E-state index is 14.3. The standard InChI is InChI=1S/C48H60N6O8/c1-29(2)21-38(51-46(59)41(27-34-15-11-8-12-16-34)54-48(62)49-36-24-31(5)23-32(6)25-36)43(56)52-40(26-33-13-9-7-10-14-33)45(58)50-39(22-30(3)4)44(57)53-42(47(60)61)28-35-17-19-37(55)20-18-35/h7-20,23-25,29-30,38-42,55H,21-22,26-28H2,1-6H3,(H,50,58)(H,51,59)(H,52,56)(H,53,57)(H,60,61)(H2,49,54,62)/t38-,39-,40+,41+,42+/m1/s1. The number of aliphatic carboxylic acids is 1. The zero-order valence-electron chi connectivity index (χ0n) is 36.2. The molecule has 0 aliphatic heterocycles. The molecular weight excluding hydrogens is 789 g/mol. The molecule has 8 N–H and O–H groups in total. The summed E-state index contributed by atoms with van der Waals surface area (Å²) in [5.41, 5.74) is 4.52. The number of carbonyl (C=O) groups is 6. The van der Waals surface area contributed by atoms with Gasteiger partial charge in [-0.15, -0.1) is 0 Å². The van der Waals surface area contributed by atoms with Gasteiger partial charge >= 0.3 is 12.0 Å². The third kappa shape index (κ3) is 16.1. The van der Waals surface area contributed by atoms with Crippen molar-refractivity contribution in [3.63, 3.8) is 0 Å². The molecule has 4 rings (SSSR count). The Bertz CT molecular complexity index is 2110. The van der Waals surface area contributed by atoms with Crippen molar-refractivity contribution in [2.45, 2.75) is 104 Å². The Morgan fingerprint density at radius 2 is 0.855 bits per heavy atom. The van der Waals surface area contributed by atoms with E-state index in [1.165, 1.54) is 12.1 Å². The lowest BCUT2D eigenvalue weighted by Gasteiger charge is -2.28. The molecule has 6 amide bonds. The van der Waals surface area contributed by atoms with Gasteiger partial charge in [0.1, 0.15) is 36.0 Å². The summed E-state index contributed by atoms with van der Waals surface area (Å²) in [5.74, 6) is -4.10. The van der Waals surface area contributed by atoms with Crippen LogP contribution in [0.15, 0.2) is 103 Å². The summed E-state index contributed by atoms with van der Waals surface area (Å²) in [6, 6.07) is 23.2. The SMILES string of the molecule is Cc1cc(C)cc(NC(=O)N[C@@H](Cc2ccccc2)C(=O)N[C@H](CC(C)C)C(=O)N[C@@H](Cc2ccccc2)C(=O)N[C@H](CC(C)C)C(=O)N[C@@H](Cc2ccc(O)cc2)C(=O)O)c1. The molecule has 0 fully saturated rings. The van der Waals surface area contributed by atoms with Crippen LogP contribution in [-0.4, -0.2) is 76.1 Å². The smallest absolute Gasteiger partial charge is 0.326 e. The molecule has 0 aromatic heterocycles. The van der Waals surface area contributed by atoms with Gasteiger partial charge in [-0.3, -0.25) is 19.2 Å². The number of phenols is 1. The van der Waals surface area contributed by atoms with Crippen LogP contribution in [0.3, 0.4) is 0 Å². The fourth-order valence-corrected chi connectivity index (χ4v) is 7.05. The molecule has 62 heavy (non-hydrogen) atoms. The largest absolute Gasteiger partial charge is 0.508 e. The number of phenolic OH excluding ortho intramolecular Hbond substituents is 1. The van der Waals surface area contributed by atoms with E-state index in [9.17, 15) is 39.0 Å². The lowest BCUT2D eigenvalue weighted by molar-refractivity contribution is -0.142. The fraction of sp³-hybridized carbons (Fsp3) is 0.375. The summed E-state index contributed by atoms with van der Waals surface area (Å²) < 4.78 is 0. The van der Waals surface area contributed by atoms with Crippen molar-refractivity contribution in [1.29, 1.82) is 0 Å². The van der Waals surface area contributed by atoms with E-state index in [1.54, 1.807) is 36.4 Å². The summed E-state index contributed by atoms with van der Waals surface area (Å²) in [7, 11) is 0. The molecule has 0 unspecified atom stereocenters. The molecule has 0 spiro atoms. The molecule has 0 saturated heterocycles. The van der Waals surface area contributed by atoms with Crippen LogP contribution < -0.4 is 31.9 Å². The number of carbonyl (C=O) groups excluding carboxylic acids is 5. The third-order valence-corrected chi connectivity index (χ3v) is 9.97. The Kier molecular flexibility index (Phi) is 18.1. The van der Waals surface area contributed by atoms with E-state index in [2.05, 4.69) is 31.9 Å². The Morgan fingerprint density at radius 1 is 0.484 bits per heavy atom. The lowest BCUT2D eigenvalue weighted by Crippen LogP contribution is -2.60. The molecule has 4 aromatic carbocycles. The highest BCUT2D eigenvalue weighted by atomic mass is 16.4. The number of rotatable bonds is 21. The first-order valence-corrected chi connectivity index (χ1v) is 20.9. The first-order valence-electron chi connectivity index (χ1n) is 20.9. The van der Waals surface area contributed by atoms with Crippen LogP contribution in [0.25, 0.3) is 0 Å². The number of carboxylic acids is 1. The minimum Gasteiger partial charge on any atom is -0.508 e. The predicted octanol–water partition coefficient (Wildman–Crippen LogP) is 5.34. The summed E-state index contributed by atoms with van der Waals surface area (Å²) in [6.07, 6.45) is 0.442. The maximum Gasteiger partial charge on any atom is 0.326 e. The Hall–Kier alpha value is -6.70. The quantitative estimate of drug-likeness (QED) is 0.0547. The molecule has 0 saturated carbocycles. The molecule has 14 heteroatoms. The van der Waals surface area contributed by atoms with E-state index >= 15 is 0 Å². The number of hydrogen-bond donors (Lipinski definition) is 8. The minimum atomic E-state index is -1.34. The summed E-state index contributed by atoms with van der Waals surface area (Å²) in [6.45, 7) is 11.3. The second-order valence-corrected chi connectivity index (χ2v) is 16.6. The Labute approximate surface area is 363 Å². The van der Waals surface area contributed by atoms with E-state index in [1.807, 2.05) is 96.1 Å². The van der Waals surface area contributed by atoms with E-state index in [-0.39, 0.29) is 49.7 Å². The number of aromatic hydroxyl groups is 1. The molecule has 0 aliphatic rings. The van der Waals surface area contributed by atoms with Crippen molar-refractivity contribution in [2.24, 2.45) is 11.8 Å². The highest BCUT2D eigenvalue weighted by Gasteiger charge is 2.33. The molecule has 0 bridgehead atoms. The van der Waals surface area contributed by atoms with Crippen molar-refractivity contribution in [3.8, 4) is 5.75 Å². The second-order valence-electron chi connectivity index (χ2n) is 16.6. The molecule has 5 atom stereocenters. The number of aryl methyl sites for hydroxylation is 2. The van der Waals surface area contributed by atoms with Gasteiger partial charge in [0.15, 0.2) is 0 Å². The van der Waals surface area contributed by atoms with E-state index < -0.39 is 65.8 Å². The predicted molar refractivity (Wildman–Crippen MR) is 238 cm³/mol.